The topological polar surface area (TPSA) is 94.7 Å². The fraction of sp³-hybridized carbons (Fsp3) is 0.150. The van der Waals surface area contributed by atoms with Crippen LogP contribution in [0.3, 0.4) is 0 Å². The van der Waals surface area contributed by atoms with E-state index in [-0.39, 0.29) is 23.3 Å². The summed E-state index contributed by atoms with van der Waals surface area (Å²) < 4.78 is 68.1. The molecular formula is C20H13F5N6O2. The lowest BCUT2D eigenvalue weighted by Crippen LogP contribution is -2.28. The molecule has 1 amide bonds. The van der Waals surface area contributed by atoms with E-state index in [1.54, 1.807) is 0 Å². The number of carbonyl (C=O) groups excluding carboxylic acids is 1. The Morgan fingerprint density at radius 3 is 2.45 bits per heavy atom. The number of benzene rings is 2. The minimum absolute atomic E-state index is 0.00347. The van der Waals surface area contributed by atoms with Crippen LogP contribution in [-0.2, 0) is 24.1 Å². The van der Waals surface area contributed by atoms with Crippen LogP contribution in [0.25, 0.3) is 11.2 Å². The maximum Gasteiger partial charge on any atom is 0.418 e. The van der Waals surface area contributed by atoms with Crippen molar-refractivity contribution < 1.29 is 26.7 Å². The maximum atomic E-state index is 13.4. The number of nitrogens with one attached hydrogen (secondary N) is 1. The number of anilines is 1. The summed E-state index contributed by atoms with van der Waals surface area (Å²) in [4.78, 5) is 28.9. The van der Waals surface area contributed by atoms with E-state index in [0.717, 1.165) is 39.8 Å². The number of hydrogen-bond donors (Lipinski definition) is 1. The lowest BCUT2D eigenvalue weighted by atomic mass is 10.1. The minimum Gasteiger partial charge on any atom is -0.324 e. The monoisotopic (exact) mass is 464 g/mol. The summed E-state index contributed by atoms with van der Waals surface area (Å²) in [7, 11) is 0. The van der Waals surface area contributed by atoms with Gasteiger partial charge in [-0.15, -0.1) is 5.10 Å². The van der Waals surface area contributed by atoms with Gasteiger partial charge in [-0.05, 0) is 29.8 Å². The Hall–Kier alpha value is -4.16. The molecule has 0 aliphatic rings. The summed E-state index contributed by atoms with van der Waals surface area (Å²) in [6.45, 7) is -0.758. The van der Waals surface area contributed by atoms with Crippen LogP contribution in [0, 0.1) is 11.6 Å². The molecule has 2 heterocycles. The van der Waals surface area contributed by atoms with Gasteiger partial charge >= 0.3 is 6.18 Å². The van der Waals surface area contributed by atoms with E-state index in [1.807, 2.05) is 0 Å². The zero-order chi connectivity index (χ0) is 23.8. The van der Waals surface area contributed by atoms with Crippen LogP contribution in [0.5, 0.6) is 0 Å². The van der Waals surface area contributed by atoms with Crippen molar-refractivity contribution in [1.82, 2.24) is 24.5 Å². The summed E-state index contributed by atoms with van der Waals surface area (Å²) in [5.74, 6) is -2.47. The number of fused-ring (bicyclic) bond motifs is 1. The van der Waals surface area contributed by atoms with Crippen LogP contribution in [-0.4, -0.2) is 30.5 Å². The highest BCUT2D eigenvalue weighted by atomic mass is 19.4. The van der Waals surface area contributed by atoms with Gasteiger partial charge in [0.1, 0.15) is 24.5 Å². The van der Waals surface area contributed by atoms with E-state index in [1.165, 1.54) is 12.1 Å². The highest BCUT2D eigenvalue weighted by Crippen LogP contribution is 2.34. The molecule has 2 aromatic carbocycles. The Morgan fingerprint density at radius 1 is 1.06 bits per heavy atom. The number of nitrogens with zero attached hydrogens (tertiary/aromatic N) is 5. The molecule has 0 radical (unpaired) electrons. The maximum absolute atomic E-state index is 13.4. The molecule has 0 saturated carbocycles. The Labute approximate surface area is 181 Å². The van der Waals surface area contributed by atoms with Crippen molar-refractivity contribution in [2.75, 3.05) is 5.32 Å². The molecule has 0 bridgehead atoms. The summed E-state index contributed by atoms with van der Waals surface area (Å²) >= 11 is 0. The average Bonchev–Trinajstić information content (AvgIpc) is 3.12. The summed E-state index contributed by atoms with van der Waals surface area (Å²) in [5.41, 5.74) is -2.26. The van der Waals surface area contributed by atoms with E-state index in [2.05, 4.69) is 20.6 Å². The second-order valence-electron chi connectivity index (χ2n) is 6.97. The first-order valence-corrected chi connectivity index (χ1v) is 9.31. The third-order valence-electron chi connectivity index (χ3n) is 4.57. The van der Waals surface area contributed by atoms with Gasteiger partial charge in [-0.2, -0.15) is 13.2 Å². The van der Waals surface area contributed by atoms with E-state index < -0.39 is 47.1 Å². The highest BCUT2D eigenvalue weighted by Gasteiger charge is 2.33. The molecule has 4 rings (SSSR count). The largest absolute Gasteiger partial charge is 0.418 e. The van der Waals surface area contributed by atoms with Gasteiger partial charge in [0.15, 0.2) is 11.2 Å². The lowest BCUT2D eigenvalue weighted by molar-refractivity contribution is -0.137. The van der Waals surface area contributed by atoms with Gasteiger partial charge in [0.2, 0.25) is 5.91 Å². The molecule has 0 aliphatic carbocycles. The second-order valence-corrected chi connectivity index (χ2v) is 6.97. The number of carbonyl (C=O) groups is 1. The molecule has 4 aromatic rings. The number of amides is 1. The SMILES string of the molecule is O=C(Cn1cnc2c(nnn2Cc2cc(F)cc(F)c2)c1=O)Nc1ccccc1C(F)(F)F. The number of para-hydroxylation sites is 1. The van der Waals surface area contributed by atoms with Crippen molar-refractivity contribution >= 4 is 22.8 Å². The molecule has 8 nitrogen and oxygen atoms in total. The predicted octanol–water partition coefficient (Wildman–Crippen LogP) is 2.97. The molecule has 33 heavy (non-hydrogen) atoms. The first-order chi connectivity index (χ1) is 15.6. The molecule has 0 atom stereocenters. The molecule has 1 N–H and O–H groups in total. The van der Waals surface area contributed by atoms with Gasteiger partial charge in [-0.25, -0.2) is 18.4 Å². The third-order valence-corrected chi connectivity index (χ3v) is 4.57. The van der Waals surface area contributed by atoms with Crippen LogP contribution < -0.4 is 10.9 Å². The van der Waals surface area contributed by atoms with Gasteiger partial charge in [0.05, 0.1) is 17.8 Å². The van der Waals surface area contributed by atoms with E-state index in [0.29, 0.717) is 6.07 Å². The Morgan fingerprint density at radius 2 is 1.76 bits per heavy atom. The molecule has 2 aromatic heterocycles. The quantitative estimate of drug-likeness (QED) is 0.459. The normalized spacial score (nSPS) is 11.7. The number of aromatic nitrogens is 5. The van der Waals surface area contributed by atoms with Crippen molar-refractivity contribution in [3.63, 3.8) is 0 Å². The number of hydrogen-bond acceptors (Lipinski definition) is 5. The Kier molecular flexibility index (Phi) is 5.62. The zero-order valence-corrected chi connectivity index (χ0v) is 16.5. The van der Waals surface area contributed by atoms with Crippen LogP contribution in [0.4, 0.5) is 27.6 Å². The molecule has 0 unspecified atom stereocenters. The molecule has 13 heteroatoms. The van der Waals surface area contributed by atoms with Gasteiger partial charge < -0.3 is 5.32 Å². The minimum atomic E-state index is -4.68. The smallest absolute Gasteiger partial charge is 0.324 e. The van der Waals surface area contributed by atoms with Gasteiger partial charge in [-0.3, -0.25) is 14.2 Å². The molecule has 0 saturated heterocycles. The Balaban J connectivity index is 1.56. The van der Waals surface area contributed by atoms with Crippen LogP contribution in [0.2, 0.25) is 0 Å². The van der Waals surface area contributed by atoms with Crippen molar-refractivity contribution in [2.24, 2.45) is 0 Å². The fourth-order valence-electron chi connectivity index (χ4n) is 3.17. The fourth-order valence-corrected chi connectivity index (χ4v) is 3.17. The van der Waals surface area contributed by atoms with Crippen molar-refractivity contribution in [2.45, 2.75) is 19.3 Å². The molecule has 0 fully saturated rings. The third kappa shape index (κ3) is 4.71. The van der Waals surface area contributed by atoms with E-state index in [4.69, 9.17) is 0 Å². The number of halogens is 5. The standard InChI is InChI=1S/C20H13F5N6O2/c21-12-5-11(6-13(22)7-12)8-31-18-17(28-29-31)19(33)30(10-26-18)9-16(32)27-15-4-2-1-3-14(15)20(23,24)25/h1-7,10H,8-9H2,(H,27,32). The molecular weight excluding hydrogens is 451 g/mol. The first kappa shape index (κ1) is 22.0. The van der Waals surface area contributed by atoms with Crippen molar-refractivity contribution in [3.05, 3.63) is 81.9 Å². The second kappa shape index (κ2) is 8.41. The van der Waals surface area contributed by atoms with E-state index in [9.17, 15) is 31.5 Å². The average molecular weight is 464 g/mol. The lowest BCUT2D eigenvalue weighted by Gasteiger charge is -2.13. The Bertz CT molecular complexity index is 1390. The van der Waals surface area contributed by atoms with Crippen molar-refractivity contribution in [1.29, 1.82) is 0 Å². The summed E-state index contributed by atoms with van der Waals surface area (Å²) in [6.07, 6.45) is -3.67. The zero-order valence-electron chi connectivity index (χ0n) is 16.5. The van der Waals surface area contributed by atoms with Crippen LogP contribution in [0.1, 0.15) is 11.1 Å². The molecule has 170 valence electrons. The van der Waals surface area contributed by atoms with Crippen LogP contribution >= 0.6 is 0 Å². The summed E-state index contributed by atoms with van der Waals surface area (Å²) in [5, 5.41) is 9.60. The van der Waals surface area contributed by atoms with Gasteiger partial charge in [0.25, 0.3) is 5.56 Å². The van der Waals surface area contributed by atoms with E-state index >= 15 is 0 Å². The van der Waals surface area contributed by atoms with Gasteiger partial charge in [0, 0.05) is 6.07 Å². The van der Waals surface area contributed by atoms with Crippen molar-refractivity contribution in [3.8, 4) is 0 Å². The summed E-state index contributed by atoms with van der Waals surface area (Å²) in [6, 6.07) is 7.29. The number of rotatable bonds is 5. The van der Waals surface area contributed by atoms with Gasteiger partial charge in [-0.1, -0.05) is 17.3 Å². The highest BCUT2D eigenvalue weighted by molar-refractivity contribution is 5.91. The predicted molar refractivity (Wildman–Crippen MR) is 105 cm³/mol. The molecule has 0 aliphatic heterocycles. The number of alkyl halides is 3. The first-order valence-electron chi connectivity index (χ1n) is 9.31. The molecule has 0 spiro atoms. The van der Waals surface area contributed by atoms with Crippen LogP contribution in [0.15, 0.2) is 53.6 Å².